The summed E-state index contributed by atoms with van der Waals surface area (Å²) >= 11 is 0. The van der Waals surface area contributed by atoms with Gasteiger partial charge >= 0.3 is 0 Å². The molecule has 0 heterocycles. The second-order valence-corrected chi connectivity index (χ2v) is 7.83. The molecule has 1 aliphatic rings. The molecule has 18 heavy (non-hydrogen) atoms. The van der Waals surface area contributed by atoms with Gasteiger partial charge in [0.05, 0.1) is 0 Å². The van der Waals surface area contributed by atoms with Crippen molar-refractivity contribution in [2.45, 2.75) is 98.8 Å². The van der Waals surface area contributed by atoms with Crippen LogP contribution in [0.2, 0.25) is 0 Å². The van der Waals surface area contributed by atoms with Crippen LogP contribution in [0.15, 0.2) is 0 Å². The van der Waals surface area contributed by atoms with E-state index in [1.54, 1.807) is 0 Å². The fraction of sp³-hybridized carbons (Fsp3) is 1.00. The molecule has 0 saturated heterocycles. The van der Waals surface area contributed by atoms with E-state index < -0.39 is 0 Å². The van der Waals surface area contributed by atoms with E-state index >= 15 is 0 Å². The van der Waals surface area contributed by atoms with Crippen LogP contribution < -0.4 is 0 Å². The lowest BCUT2D eigenvalue weighted by molar-refractivity contribution is 0.0510. The summed E-state index contributed by atoms with van der Waals surface area (Å²) in [4.78, 5) is 0. The maximum absolute atomic E-state index is 2.47. The van der Waals surface area contributed by atoms with E-state index in [9.17, 15) is 0 Å². The molecule has 2 atom stereocenters. The van der Waals surface area contributed by atoms with Crippen molar-refractivity contribution in [1.29, 1.82) is 0 Å². The average Bonchev–Trinajstić information content (AvgIpc) is 2.32. The Balaban J connectivity index is 2.73. The Morgan fingerprint density at radius 1 is 0.889 bits per heavy atom. The van der Waals surface area contributed by atoms with Crippen LogP contribution in [-0.2, 0) is 0 Å². The van der Waals surface area contributed by atoms with Gasteiger partial charge in [0, 0.05) is 0 Å². The van der Waals surface area contributed by atoms with Crippen LogP contribution in [0.25, 0.3) is 0 Å². The summed E-state index contributed by atoms with van der Waals surface area (Å²) < 4.78 is 0. The number of hydrogen-bond donors (Lipinski definition) is 0. The summed E-state index contributed by atoms with van der Waals surface area (Å²) in [7, 11) is 0. The predicted molar refractivity (Wildman–Crippen MR) is 82.9 cm³/mol. The second-order valence-electron chi connectivity index (χ2n) is 7.83. The summed E-state index contributed by atoms with van der Waals surface area (Å²) in [5.74, 6) is 0.956. The van der Waals surface area contributed by atoms with E-state index in [1.807, 2.05) is 0 Å². The van der Waals surface area contributed by atoms with Crippen molar-refractivity contribution < 1.29 is 0 Å². The van der Waals surface area contributed by atoms with Crippen molar-refractivity contribution in [2.75, 3.05) is 0 Å². The quantitative estimate of drug-likeness (QED) is 0.494. The van der Waals surface area contributed by atoms with E-state index in [1.165, 1.54) is 64.2 Å². The Bertz CT molecular complexity index is 223. The third kappa shape index (κ3) is 4.28. The van der Waals surface area contributed by atoms with E-state index in [2.05, 4.69) is 34.6 Å². The topological polar surface area (TPSA) is 0 Å². The Labute approximate surface area is 116 Å². The van der Waals surface area contributed by atoms with Crippen LogP contribution in [0, 0.1) is 16.7 Å². The van der Waals surface area contributed by atoms with E-state index in [4.69, 9.17) is 0 Å². The molecule has 0 amide bonds. The Morgan fingerprint density at radius 3 is 2.06 bits per heavy atom. The molecular formula is C18H36. The Kier molecular flexibility index (Phi) is 6.21. The van der Waals surface area contributed by atoms with Crippen LogP contribution in [-0.4, -0.2) is 0 Å². The highest BCUT2D eigenvalue weighted by Gasteiger charge is 2.39. The van der Waals surface area contributed by atoms with Gasteiger partial charge in [-0.3, -0.25) is 0 Å². The van der Waals surface area contributed by atoms with Gasteiger partial charge in [0.25, 0.3) is 0 Å². The highest BCUT2D eigenvalue weighted by atomic mass is 14.4. The van der Waals surface area contributed by atoms with Gasteiger partial charge in [0.1, 0.15) is 0 Å². The van der Waals surface area contributed by atoms with Gasteiger partial charge in [0.15, 0.2) is 0 Å². The monoisotopic (exact) mass is 252 g/mol. The number of rotatable bonds is 1. The van der Waals surface area contributed by atoms with E-state index in [0.717, 1.165) is 5.92 Å². The van der Waals surface area contributed by atoms with Crippen LogP contribution in [0.3, 0.4) is 0 Å². The zero-order chi connectivity index (χ0) is 13.6. The van der Waals surface area contributed by atoms with Gasteiger partial charge in [-0.15, -0.1) is 0 Å². The minimum Gasteiger partial charge on any atom is -0.0648 e. The minimum absolute atomic E-state index is 0.471. The molecule has 0 aromatic heterocycles. The van der Waals surface area contributed by atoms with Gasteiger partial charge < -0.3 is 0 Å². The van der Waals surface area contributed by atoms with E-state index in [-0.39, 0.29) is 0 Å². The summed E-state index contributed by atoms with van der Waals surface area (Å²) in [5.41, 5.74) is 1.07. The predicted octanol–water partition coefficient (Wildman–Crippen LogP) is 6.59. The molecule has 1 saturated carbocycles. The lowest BCUT2D eigenvalue weighted by Gasteiger charge is -2.45. The maximum Gasteiger partial charge on any atom is -0.0251 e. The molecule has 0 aromatic rings. The fourth-order valence-electron chi connectivity index (χ4n) is 4.00. The number of hydrogen-bond acceptors (Lipinski definition) is 0. The second kappa shape index (κ2) is 6.96. The molecule has 108 valence electrons. The molecule has 0 aromatic carbocycles. The Hall–Kier alpha value is 0. The van der Waals surface area contributed by atoms with Crippen molar-refractivity contribution in [3.05, 3.63) is 0 Å². The van der Waals surface area contributed by atoms with Crippen molar-refractivity contribution in [3.63, 3.8) is 0 Å². The maximum atomic E-state index is 2.47. The molecule has 0 N–H and O–H groups in total. The van der Waals surface area contributed by atoms with Gasteiger partial charge in [-0.2, -0.15) is 0 Å². The van der Waals surface area contributed by atoms with E-state index in [0.29, 0.717) is 10.8 Å². The summed E-state index contributed by atoms with van der Waals surface area (Å²) in [6.07, 6.45) is 14.5. The van der Waals surface area contributed by atoms with Crippen LogP contribution >= 0.6 is 0 Å². The first-order chi connectivity index (χ1) is 8.41. The molecule has 0 radical (unpaired) electrons. The standard InChI is InChI=1S/C18H36/c1-6-18(17(3,4)5)14-10-8-7-9-12-16(2)13-11-15-18/h16H,6-15H2,1-5H3. The highest BCUT2D eigenvalue weighted by Crippen LogP contribution is 2.49. The molecule has 0 spiro atoms. The highest BCUT2D eigenvalue weighted by molar-refractivity contribution is 4.89. The van der Waals surface area contributed by atoms with Crippen LogP contribution in [0.5, 0.6) is 0 Å². The molecule has 0 aliphatic heterocycles. The normalized spacial score (nSPS) is 32.8. The summed E-state index contributed by atoms with van der Waals surface area (Å²) in [6, 6.07) is 0. The molecule has 1 aliphatic carbocycles. The van der Waals surface area contributed by atoms with Crippen LogP contribution in [0.4, 0.5) is 0 Å². The molecular weight excluding hydrogens is 216 g/mol. The van der Waals surface area contributed by atoms with Crippen LogP contribution in [0.1, 0.15) is 98.8 Å². The van der Waals surface area contributed by atoms with Crippen molar-refractivity contribution in [2.24, 2.45) is 16.7 Å². The average molecular weight is 252 g/mol. The van der Waals surface area contributed by atoms with Gasteiger partial charge in [-0.25, -0.2) is 0 Å². The fourth-order valence-corrected chi connectivity index (χ4v) is 4.00. The zero-order valence-electron chi connectivity index (χ0n) is 13.6. The molecule has 0 bridgehead atoms. The third-order valence-electron chi connectivity index (χ3n) is 5.72. The molecule has 2 unspecified atom stereocenters. The zero-order valence-corrected chi connectivity index (χ0v) is 13.6. The van der Waals surface area contributed by atoms with Gasteiger partial charge in [-0.1, -0.05) is 79.6 Å². The van der Waals surface area contributed by atoms with Gasteiger partial charge in [0.2, 0.25) is 0 Å². The van der Waals surface area contributed by atoms with Crippen molar-refractivity contribution in [1.82, 2.24) is 0 Å². The summed E-state index contributed by atoms with van der Waals surface area (Å²) in [6.45, 7) is 12.3. The summed E-state index contributed by atoms with van der Waals surface area (Å²) in [5, 5.41) is 0. The minimum atomic E-state index is 0.471. The molecule has 0 heteroatoms. The third-order valence-corrected chi connectivity index (χ3v) is 5.72. The van der Waals surface area contributed by atoms with Crippen molar-refractivity contribution >= 4 is 0 Å². The largest absolute Gasteiger partial charge is 0.0648 e. The first-order valence-corrected chi connectivity index (χ1v) is 8.41. The van der Waals surface area contributed by atoms with Gasteiger partial charge in [-0.05, 0) is 36.0 Å². The lowest BCUT2D eigenvalue weighted by Crippen LogP contribution is -2.35. The first kappa shape index (κ1) is 16.1. The smallest absolute Gasteiger partial charge is 0.0251 e. The molecule has 1 fully saturated rings. The van der Waals surface area contributed by atoms with Crippen molar-refractivity contribution in [3.8, 4) is 0 Å². The molecule has 0 nitrogen and oxygen atoms in total. The Morgan fingerprint density at radius 2 is 1.44 bits per heavy atom. The molecule has 1 rings (SSSR count). The SMILES string of the molecule is CCC1(C(C)(C)C)CCCCCCC(C)CCC1. The first-order valence-electron chi connectivity index (χ1n) is 8.41. The lowest BCUT2D eigenvalue weighted by atomic mass is 9.60.